The lowest BCUT2D eigenvalue weighted by atomic mass is 10.2. The van der Waals surface area contributed by atoms with Gasteiger partial charge in [0.15, 0.2) is 0 Å². The molecule has 0 aliphatic rings. The van der Waals surface area contributed by atoms with Gasteiger partial charge in [-0.25, -0.2) is 4.79 Å². The first-order valence-corrected chi connectivity index (χ1v) is 4.57. The van der Waals surface area contributed by atoms with Crippen LogP contribution in [0.5, 0.6) is 0 Å². The molecule has 0 rings (SSSR count). The van der Waals surface area contributed by atoms with Gasteiger partial charge in [-0.2, -0.15) is 0 Å². The zero-order valence-electron chi connectivity index (χ0n) is 8.24. The Morgan fingerprint density at radius 2 is 2.23 bits per heavy atom. The molecule has 0 aromatic carbocycles. The second-order valence-electron chi connectivity index (χ2n) is 2.83. The quantitative estimate of drug-likeness (QED) is 0.698. The van der Waals surface area contributed by atoms with Crippen molar-refractivity contribution in [1.29, 1.82) is 0 Å². The fraction of sp³-hybridized carbons (Fsp3) is 0.750. The molecule has 13 heavy (non-hydrogen) atoms. The lowest BCUT2D eigenvalue weighted by molar-refractivity contribution is 0.105. The third-order valence-electron chi connectivity index (χ3n) is 1.71. The molecule has 1 atom stereocenters. The van der Waals surface area contributed by atoms with Gasteiger partial charge in [-0.3, -0.25) is 0 Å². The Balaban J connectivity index is 4.00. The largest absolute Gasteiger partial charge is 0.450 e. The number of hydrogen-bond acceptors (Lipinski definition) is 3. The minimum Gasteiger partial charge on any atom is -0.450 e. The molecule has 0 spiro atoms. The zero-order chi connectivity index (χ0) is 10.4. The van der Waals surface area contributed by atoms with E-state index < -0.39 is 0 Å². The van der Waals surface area contributed by atoms with Crippen LogP contribution in [-0.4, -0.2) is 35.7 Å². The maximum atomic E-state index is 11.2. The van der Waals surface area contributed by atoms with Gasteiger partial charge in [0.1, 0.15) is 0 Å². The van der Waals surface area contributed by atoms with Gasteiger partial charge in [-0.15, -0.1) is 0 Å². The van der Waals surface area contributed by atoms with E-state index in [-0.39, 0.29) is 12.1 Å². The molecule has 0 saturated heterocycles. The molecule has 0 aliphatic heterocycles. The molecule has 0 radical (unpaired) electrons. The van der Waals surface area contributed by atoms with Gasteiger partial charge in [-0.05, 0) is 13.8 Å². The van der Waals surface area contributed by atoms with Gasteiger partial charge in [0.25, 0.3) is 0 Å². The number of ether oxygens (including phenoxy) is 1. The van der Waals surface area contributed by atoms with Crippen molar-refractivity contribution in [3.8, 4) is 0 Å². The van der Waals surface area contributed by atoms with E-state index in [1.165, 1.54) is 4.90 Å². The fourth-order valence-electron chi connectivity index (χ4n) is 0.833. The molecule has 76 valence electrons. The van der Waals surface area contributed by atoms with Crippen molar-refractivity contribution in [2.45, 2.75) is 26.3 Å². The first-order valence-electron chi connectivity index (χ1n) is 4.17. The van der Waals surface area contributed by atoms with Gasteiger partial charge in [-0.1, -0.05) is 12.2 Å². The van der Waals surface area contributed by atoms with E-state index >= 15 is 0 Å². The molecule has 1 unspecified atom stereocenters. The van der Waals surface area contributed by atoms with Gasteiger partial charge >= 0.3 is 6.09 Å². The minimum absolute atomic E-state index is 0.0171. The third-order valence-corrected chi connectivity index (χ3v) is 1.88. The van der Waals surface area contributed by atoms with E-state index in [0.29, 0.717) is 18.0 Å². The Morgan fingerprint density at radius 1 is 1.69 bits per heavy atom. The van der Waals surface area contributed by atoms with E-state index in [1.807, 2.05) is 6.92 Å². The molecule has 1 amide bonds. The van der Waals surface area contributed by atoms with Crippen molar-refractivity contribution in [3.63, 3.8) is 0 Å². The molecule has 0 aromatic heterocycles. The van der Waals surface area contributed by atoms with Crippen molar-refractivity contribution in [1.82, 2.24) is 4.90 Å². The summed E-state index contributed by atoms with van der Waals surface area (Å²) in [6.07, 6.45) is 0.177. The normalized spacial score (nSPS) is 11.9. The zero-order valence-corrected chi connectivity index (χ0v) is 9.06. The first kappa shape index (κ1) is 12.2. The molecule has 0 aliphatic carbocycles. The van der Waals surface area contributed by atoms with Crippen LogP contribution in [-0.2, 0) is 4.74 Å². The van der Waals surface area contributed by atoms with Crippen molar-refractivity contribution in [2.75, 3.05) is 13.7 Å². The summed E-state index contributed by atoms with van der Waals surface area (Å²) in [5.74, 6) is 0. The topological polar surface area (TPSA) is 55.6 Å². The maximum absolute atomic E-state index is 11.2. The Morgan fingerprint density at radius 3 is 2.62 bits per heavy atom. The van der Waals surface area contributed by atoms with Crippen molar-refractivity contribution < 1.29 is 9.53 Å². The van der Waals surface area contributed by atoms with Crippen LogP contribution >= 0.6 is 12.2 Å². The number of nitrogens with zero attached hydrogens (tertiary/aromatic N) is 1. The van der Waals surface area contributed by atoms with Crippen LogP contribution in [0, 0.1) is 0 Å². The molecular formula is C8H16N2O2S. The van der Waals surface area contributed by atoms with E-state index in [0.717, 1.165) is 0 Å². The predicted octanol–water partition coefficient (Wildman–Crippen LogP) is 1.14. The monoisotopic (exact) mass is 204 g/mol. The highest BCUT2D eigenvalue weighted by Crippen LogP contribution is 2.03. The molecule has 4 nitrogen and oxygen atoms in total. The van der Waals surface area contributed by atoms with Gasteiger partial charge in [0.05, 0.1) is 11.6 Å². The number of nitrogens with two attached hydrogens (primary N) is 1. The lowest BCUT2D eigenvalue weighted by Gasteiger charge is -2.23. The summed E-state index contributed by atoms with van der Waals surface area (Å²) >= 11 is 4.74. The smallest absolute Gasteiger partial charge is 0.409 e. The van der Waals surface area contributed by atoms with E-state index in [4.69, 9.17) is 22.7 Å². The highest BCUT2D eigenvalue weighted by atomic mass is 32.1. The average molecular weight is 204 g/mol. The highest BCUT2D eigenvalue weighted by molar-refractivity contribution is 7.80. The second-order valence-corrected chi connectivity index (χ2v) is 3.35. The number of amides is 1. The van der Waals surface area contributed by atoms with Crippen LogP contribution in [0.3, 0.4) is 0 Å². The van der Waals surface area contributed by atoms with Crippen LogP contribution in [0.15, 0.2) is 0 Å². The summed E-state index contributed by atoms with van der Waals surface area (Å²) in [4.78, 5) is 13.1. The molecule has 0 bridgehead atoms. The summed E-state index contributed by atoms with van der Waals surface area (Å²) in [5.41, 5.74) is 5.36. The second kappa shape index (κ2) is 5.75. The van der Waals surface area contributed by atoms with E-state index in [2.05, 4.69) is 0 Å². The number of carbonyl (C=O) groups is 1. The Hall–Kier alpha value is -0.840. The molecular weight excluding hydrogens is 188 g/mol. The summed E-state index contributed by atoms with van der Waals surface area (Å²) in [7, 11) is 1.67. The third kappa shape index (κ3) is 4.67. The number of hydrogen-bond donors (Lipinski definition) is 1. The van der Waals surface area contributed by atoms with Crippen LogP contribution in [0.25, 0.3) is 0 Å². The summed E-state index contributed by atoms with van der Waals surface area (Å²) in [5, 5.41) is 0. The van der Waals surface area contributed by atoms with Crippen molar-refractivity contribution in [2.24, 2.45) is 5.73 Å². The standard InChI is InChI=1S/C8H16N2O2S/c1-4-12-8(11)10(3)6(2)5-7(9)13/h6H,4-5H2,1-3H3,(H2,9,13). The number of carbonyl (C=O) groups excluding carboxylic acids is 1. The van der Waals surface area contributed by atoms with Crippen LogP contribution in [0.1, 0.15) is 20.3 Å². The predicted molar refractivity (Wildman–Crippen MR) is 55.6 cm³/mol. The Labute approximate surface area is 84.0 Å². The van der Waals surface area contributed by atoms with Gasteiger partial charge in [0.2, 0.25) is 0 Å². The lowest BCUT2D eigenvalue weighted by Crippen LogP contribution is -2.37. The van der Waals surface area contributed by atoms with Crippen molar-refractivity contribution >= 4 is 23.3 Å². The summed E-state index contributed by atoms with van der Waals surface area (Å²) in [6.45, 7) is 4.02. The van der Waals surface area contributed by atoms with E-state index in [1.54, 1.807) is 14.0 Å². The number of rotatable bonds is 4. The molecule has 5 heteroatoms. The SMILES string of the molecule is CCOC(=O)N(C)C(C)CC(N)=S. The Kier molecular flexibility index (Phi) is 5.37. The van der Waals surface area contributed by atoms with Crippen LogP contribution in [0.2, 0.25) is 0 Å². The molecule has 0 saturated carbocycles. The van der Waals surface area contributed by atoms with E-state index in [9.17, 15) is 4.79 Å². The first-order chi connectivity index (χ1) is 5.99. The van der Waals surface area contributed by atoms with Gasteiger partial charge < -0.3 is 15.4 Å². The molecule has 0 fully saturated rings. The summed E-state index contributed by atoms with van der Waals surface area (Å²) < 4.78 is 4.81. The highest BCUT2D eigenvalue weighted by Gasteiger charge is 2.16. The molecule has 0 heterocycles. The molecule has 0 aromatic rings. The van der Waals surface area contributed by atoms with Crippen molar-refractivity contribution in [3.05, 3.63) is 0 Å². The van der Waals surface area contributed by atoms with Crippen LogP contribution < -0.4 is 5.73 Å². The number of thiocarbonyl (C=S) groups is 1. The fourth-order valence-corrected chi connectivity index (χ4v) is 1.07. The Bertz CT molecular complexity index is 197. The average Bonchev–Trinajstić information content (AvgIpc) is 2.02. The van der Waals surface area contributed by atoms with Crippen LogP contribution in [0.4, 0.5) is 4.79 Å². The minimum atomic E-state index is -0.341. The van der Waals surface area contributed by atoms with Gasteiger partial charge in [0, 0.05) is 19.5 Å². The molecule has 2 N–H and O–H groups in total. The summed E-state index contributed by atoms with van der Waals surface area (Å²) in [6, 6.07) is -0.0171. The maximum Gasteiger partial charge on any atom is 0.409 e.